The molecule has 0 aromatic carbocycles. The first kappa shape index (κ1) is 27.4. The number of unbranched alkanes of at least 4 members (excludes halogenated alkanes) is 19. The smallest absolute Gasteiger partial charge is 0.319 e. The summed E-state index contributed by atoms with van der Waals surface area (Å²) in [6.07, 6.45) is 27.8. The molecule has 0 aliphatic heterocycles. The summed E-state index contributed by atoms with van der Waals surface area (Å²) < 4.78 is 5.12. The molecule has 3 nitrogen and oxygen atoms in total. The third-order valence-electron chi connectivity index (χ3n) is 5.58. The van der Waals surface area contributed by atoms with Gasteiger partial charge in [0.25, 0.3) is 0 Å². The number of nitrogens with one attached hydrogen (secondary N) is 1. The van der Waals surface area contributed by atoms with E-state index in [0.29, 0.717) is 13.2 Å². The highest BCUT2D eigenvalue weighted by molar-refractivity contribution is 5.71. The molecule has 0 saturated carbocycles. The number of esters is 1. The molecule has 0 rings (SSSR count). The second-order valence-corrected chi connectivity index (χ2v) is 8.47. The van der Waals surface area contributed by atoms with Crippen molar-refractivity contribution < 1.29 is 9.53 Å². The van der Waals surface area contributed by atoms with Crippen LogP contribution in [0.4, 0.5) is 0 Å². The third kappa shape index (κ3) is 23.5. The normalized spacial score (nSPS) is 11.1. The van der Waals surface area contributed by atoms with E-state index in [2.05, 4.69) is 12.2 Å². The number of likely N-dealkylation sites (N-methyl/N-ethyl adjacent to an activating group) is 1. The SMILES string of the molecule is CCCCCCCCCCCCCCCCCCCCCCOC(=O)CNC. The van der Waals surface area contributed by atoms with Crippen LogP contribution in [0.5, 0.6) is 0 Å². The van der Waals surface area contributed by atoms with Gasteiger partial charge in [-0.3, -0.25) is 4.79 Å². The molecule has 0 aromatic rings. The average Bonchev–Trinajstić information content (AvgIpc) is 2.69. The highest BCUT2D eigenvalue weighted by Crippen LogP contribution is 2.14. The fraction of sp³-hybridized carbons (Fsp3) is 0.960. The fourth-order valence-corrected chi connectivity index (χ4v) is 3.74. The molecule has 0 amide bonds. The Balaban J connectivity index is 3.02. The van der Waals surface area contributed by atoms with Gasteiger partial charge < -0.3 is 10.1 Å². The van der Waals surface area contributed by atoms with E-state index < -0.39 is 0 Å². The predicted molar refractivity (Wildman–Crippen MR) is 123 cm³/mol. The van der Waals surface area contributed by atoms with Crippen molar-refractivity contribution in [3.63, 3.8) is 0 Å². The molecule has 0 aromatic heterocycles. The van der Waals surface area contributed by atoms with Crippen molar-refractivity contribution in [2.24, 2.45) is 0 Å². The van der Waals surface area contributed by atoms with Crippen LogP contribution in [0.25, 0.3) is 0 Å². The van der Waals surface area contributed by atoms with Crippen molar-refractivity contribution in [2.75, 3.05) is 20.2 Å². The first-order valence-electron chi connectivity index (χ1n) is 12.6. The van der Waals surface area contributed by atoms with Gasteiger partial charge in [-0.1, -0.05) is 129 Å². The molecule has 0 spiro atoms. The molecule has 0 aliphatic carbocycles. The predicted octanol–water partition coefficient (Wildman–Crippen LogP) is 7.57. The van der Waals surface area contributed by atoms with Crippen molar-refractivity contribution in [3.8, 4) is 0 Å². The number of carbonyl (C=O) groups excluding carboxylic acids is 1. The zero-order valence-electron chi connectivity index (χ0n) is 19.4. The number of rotatable bonds is 23. The Kier molecular flexibility index (Phi) is 24.0. The molecule has 0 radical (unpaired) electrons. The van der Waals surface area contributed by atoms with Gasteiger partial charge >= 0.3 is 5.97 Å². The summed E-state index contributed by atoms with van der Waals surface area (Å²) in [6.45, 7) is 3.19. The monoisotopic (exact) mass is 397 g/mol. The van der Waals surface area contributed by atoms with Gasteiger partial charge in [-0.05, 0) is 13.5 Å². The van der Waals surface area contributed by atoms with E-state index in [1.807, 2.05) is 0 Å². The van der Waals surface area contributed by atoms with Gasteiger partial charge in [-0.15, -0.1) is 0 Å². The third-order valence-corrected chi connectivity index (χ3v) is 5.58. The van der Waals surface area contributed by atoms with Crippen LogP contribution in [0.1, 0.15) is 135 Å². The summed E-state index contributed by atoms with van der Waals surface area (Å²) in [7, 11) is 1.76. The molecule has 0 fully saturated rings. The van der Waals surface area contributed by atoms with Gasteiger partial charge in [-0.2, -0.15) is 0 Å². The lowest BCUT2D eigenvalue weighted by Crippen LogP contribution is -2.21. The van der Waals surface area contributed by atoms with Crippen LogP contribution >= 0.6 is 0 Å². The summed E-state index contributed by atoms with van der Waals surface area (Å²) in [5, 5.41) is 2.81. The molecular formula is C25H51NO2. The molecule has 0 atom stereocenters. The number of ether oxygens (including phenoxy) is 1. The van der Waals surface area contributed by atoms with Crippen LogP contribution in [0.15, 0.2) is 0 Å². The Morgan fingerprint density at radius 3 is 1.21 bits per heavy atom. The van der Waals surface area contributed by atoms with Crippen LogP contribution in [-0.4, -0.2) is 26.2 Å². The van der Waals surface area contributed by atoms with Crippen molar-refractivity contribution in [1.29, 1.82) is 0 Å². The topological polar surface area (TPSA) is 38.3 Å². The second kappa shape index (κ2) is 24.5. The summed E-state index contributed by atoms with van der Waals surface area (Å²) in [5.41, 5.74) is 0. The van der Waals surface area contributed by atoms with Crippen LogP contribution in [0, 0.1) is 0 Å². The largest absolute Gasteiger partial charge is 0.465 e. The van der Waals surface area contributed by atoms with E-state index in [9.17, 15) is 4.79 Å². The molecule has 0 bridgehead atoms. The number of hydrogen-bond donors (Lipinski definition) is 1. The van der Waals surface area contributed by atoms with Gasteiger partial charge in [0.1, 0.15) is 0 Å². The Labute approximate surface area is 176 Å². The summed E-state index contributed by atoms with van der Waals surface area (Å²) in [6, 6.07) is 0. The number of carbonyl (C=O) groups is 1. The molecule has 0 saturated heterocycles. The molecule has 0 aliphatic rings. The fourth-order valence-electron chi connectivity index (χ4n) is 3.74. The molecular weight excluding hydrogens is 346 g/mol. The van der Waals surface area contributed by atoms with Crippen LogP contribution in [0.3, 0.4) is 0 Å². The summed E-state index contributed by atoms with van der Waals surface area (Å²) in [4.78, 5) is 11.2. The van der Waals surface area contributed by atoms with Crippen molar-refractivity contribution in [3.05, 3.63) is 0 Å². The van der Waals surface area contributed by atoms with Crippen LogP contribution < -0.4 is 5.32 Å². The highest BCUT2D eigenvalue weighted by Gasteiger charge is 1.99. The van der Waals surface area contributed by atoms with E-state index >= 15 is 0 Å². The maximum atomic E-state index is 11.2. The van der Waals surface area contributed by atoms with Gasteiger partial charge in [0.2, 0.25) is 0 Å². The quantitative estimate of drug-likeness (QED) is 0.143. The van der Waals surface area contributed by atoms with E-state index in [1.165, 1.54) is 122 Å². The van der Waals surface area contributed by atoms with E-state index in [-0.39, 0.29) is 5.97 Å². The summed E-state index contributed by atoms with van der Waals surface area (Å²) in [5.74, 6) is -0.139. The maximum absolute atomic E-state index is 11.2. The van der Waals surface area contributed by atoms with E-state index in [0.717, 1.165) is 6.42 Å². The lowest BCUT2D eigenvalue weighted by atomic mass is 10.0. The van der Waals surface area contributed by atoms with E-state index in [1.54, 1.807) is 7.05 Å². The minimum Gasteiger partial charge on any atom is -0.465 e. The lowest BCUT2D eigenvalue weighted by Gasteiger charge is -2.05. The van der Waals surface area contributed by atoms with Crippen LogP contribution in [0.2, 0.25) is 0 Å². The van der Waals surface area contributed by atoms with Gasteiger partial charge in [0.15, 0.2) is 0 Å². The summed E-state index contributed by atoms with van der Waals surface area (Å²) >= 11 is 0. The Morgan fingerprint density at radius 1 is 0.571 bits per heavy atom. The zero-order chi connectivity index (χ0) is 20.5. The minimum atomic E-state index is -0.139. The molecule has 168 valence electrons. The second-order valence-electron chi connectivity index (χ2n) is 8.47. The van der Waals surface area contributed by atoms with Gasteiger partial charge in [-0.25, -0.2) is 0 Å². The standard InChI is InChI=1S/C25H51NO2/c1-3-4-5-6-7-8-9-10-11-12-13-14-15-16-17-18-19-20-21-22-23-28-25(27)24-26-2/h26H,3-24H2,1-2H3. The van der Waals surface area contributed by atoms with Gasteiger partial charge in [0.05, 0.1) is 13.2 Å². The zero-order valence-corrected chi connectivity index (χ0v) is 19.4. The van der Waals surface area contributed by atoms with Crippen LogP contribution in [-0.2, 0) is 9.53 Å². The number of hydrogen-bond acceptors (Lipinski definition) is 3. The molecule has 0 heterocycles. The maximum Gasteiger partial charge on any atom is 0.319 e. The molecule has 28 heavy (non-hydrogen) atoms. The Bertz CT molecular complexity index is 307. The Hall–Kier alpha value is -0.570. The molecule has 0 unspecified atom stereocenters. The molecule has 1 N–H and O–H groups in total. The minimum absolute atomic E-state index is 0.139. The van der Waals surface area contributed by atoms with E-state index in [4.69, 9.17) is 4.74 Å². The van der Waals surface area contributed by atoms with Crippen molar-refractivity contribution in [1.82, 2.24) is 5.32 Å². The molecule has 3 heteroatoms. The average molecular weight is 398 g/mol. The first-order chi connectivity index (χ1) is 13.8. The Morgan fingerprint density at radius 2 is 0.893 bits per heavy atom. The first-order valence-corrected chi connectivity index (χ1v) is 12.6. The lowest BCUT2D eigenvalue weighted by molar-refractivity contribution is -0.142. The van der Waals surface area contributed by atoms with Gasteiger partial charge in [0, 0.05) is 0 Å². The van der Waals surface area contributed by atoms with Crippen molar-refractivity contribution >= 4 is 5.97 Å². The highest BCUT2D eigenvalue weighted by atomic mass is 16.5. The van der Waals surface area contributed by atoms with Crippen molar-refractivity contribution in [2.45, 2.75) is 135 Å².